The Bertz CT molecular complexity index is 498. The Labute approximate surface area is 114 Å². The predicted molar refractivity (Wildman–Crippen MR) is 76.8 cm³/mol. The molecule has 1 aliphatic heterocycles. The van der Waals surface area contributed by atoms with Crippen molar-refractivity contribution in [3.05, 3.63) is 23.4 Å². The fourth-order valence-corrected chi connectivity index (χ4v) is 2.61. The predicted octanol–water partition coefficient (Wildman–Crippen LogP) is 1.68. The van der Waals surface area contributed by atoms with Gasteiger partial charge in [0, 0.05) is 18.8 Å². The molecule has 0 spiro atoms. The quantitative estimate of drug-likeness (QED) is 0.628. The highest BCUT2D eigenvalue weighted by Crippen LogP contribution is 2.27. The molecule has 5 nitrogen and oxygen atoms in total. The van der Waals surface area contributed by atoms with Crippen molar-refractivity contribution in [2.24, 2.45) is 5.73 Å². The Morgan fingerprint density at radius 1 is 1.53 bits per heavy atom. The first-order valence-electron chi connectivity index (χ1n) is 6.53. The third kappa shape index (κ3) is 3.04. The van der Waals surface area contributed by atoms with Crippen LogP contribution in [-0.2, 0) is 4.74 Å². The number of pyridine rings is 1. The summed E-state index contributed by atoms with van der Waals surface area (Å²) in [6.07, 6.45) is 0.130. The lowest BCUT2D eigenvalue weighted by molar-refractivity contribution is -0.0751. The molecule has 104 valence electrons. The molecule has 5 heteroatoms. The number of morpholine rings is 1. The van der Waals surface area contributed by atoms with Crippen LogP contribution in [0.25, 0.3) is 0 Å². The number of anilines is 1. The third-order valence-corrected chi connectivity index (χ3v) is 3.17. The van der Waals surface area contributed by atoms with Crippen molar-refractivity contribution >= 4 is 11.7 Å². The number of aromatic nitrogens is 1. The number of ether oxygens (including phenoxy) is 1. The minimum Gasteiger partial charge on any atom is -0.384 e. The van der Waals surface area contributed by atoms with Gasteiger partial charge in [0.25, 0.3) is 0 Å². The van der Waals surface area contributed by atoms with Gasteiger partial charge in [0.05, 0.1) is 17.3 Å². The Morgan fingerprint density at radius 2 is 2.21 bits per heavy atom. The van der Waals surface area contributed by atoms with Crippen LogP contribution in [0.4, 0.5) is 5.82 Å². The molecule has 0 aliphatic carbocycles. The van der Waals surface area contributed by atoms with Gasteiger partial charge >= 0.3 is 0 Å². The van der Waals surface area contributed by atoms with Gasteiger partial charge in [-0.25, -0.2) is 4.98 Å². The molecule has 19 heavy (non-hydrogen) atoms. The van der Waals surface area contributed by atoms with Crippen molar-refractivity contribution < 1.29 is 4.74 Å². The maximum Gasteiger partial charge on any atom is 0.140 e. The topological polar surface area (TPSA) is 75.2 Å². The number of nitrogen functional groups attached to an aromatic ring is 1. The van der Waals surface area contributed by atoms with E-state index in [0.29, 0.717) is 5.56 Å². The lowest BCUT2D eigenvalue weighted by Crippen LogP contribution is -2.52. The van der Waals surface area contributed by atoms with Crippen molar-refractivity contribution in [2.45, 2.75) is 39.4 Å². The molecule has 1 aromatic heterocycles. The highest BCUT2D eigenvalue weighted by Gasteiger charge is 2.33. The van der Waals surface area contributed by atoms with Crippen LogP contribution >= 0.6 is 0 Å². The highest BCUT2D eigenvalue weighted by molar-refractivity contribution is 5.99. The van der Waals surface area contributed by atoms with E-state index in [2.05, 4.69) is 30.7 Å². The number of rotatable bonds is 2. The summed E-state index contributed by atoms with van der Waals surface area (Å²) in [5.74, 6) is 0.843. The third-order valence-electron chi connectivity index (χ3n) is 3.17. The van der Waals surface area contributed by atoms with Crippen molar-refractivity contribution in [2.75, 3.05) is 18.0 Å². The summed E-state index contributed by atoms with van der Waals surface area (Å²) in [6, 6.07) is 3.75. The number of aryl methyl sites for hydroxylation is 1. The summed E-state index contributed by atoms with van der Waals surface area (Å²) in [5.41, 5.74) is 7.05. The van der Waals surface area contributed by atoms with E-state index in [1.807, 2.05) is 19.1 Å². The van der Waals surface area contributed by atoms with Gasteiger partial charge in [0.1, 0.15) is 11.7 Å². The molecular weight excluding hydrogens is 240 g/mol. The van der Waals surface area contributed by atoms with Crippen molar-refractivity contribution in [1.82, 2.24) is 4.98 Å². The molecule has 1 aromatic rings. The summed E-state index contributed by atoms with van der Waals surface area (Å²) in [6.45, 7) is 9.64. The van der Waals surface area contributed by atoms with E-state index in [4.69, 9.17) is 15.9 Å². The molecule has 1 saturated heterocycles. The minimum absolute atomic E-state index is 0.0550. The molecule has 0 amide bonds. The maximum absolute atomic E-state index is 7.69. The first-order chi connectivity index (χ1) is 8.78. The van der Waals surface area contributed by atoms with Gasteiger partial charge in [-0.15, -0.1) is 0 Å². The molecule has 0 saturated carbocycles. The molecule has 1 atom stereocenters. The molecule has 0 aromatic carbocycles. The molecular formula is C14H22N4O. The molecule has 2 heterocycles. The SMILES string of the molecule is Cc1ccc(C(=N)N)c(N2CC(C)OC(C)(C)C2)n1. The lowest BCUT2D eigenvalue weighted by atomic mass is 10.0. The molecule has 1 fully saturated rings. The van der Waals surface area contributed by atoms with E-state index in [-0.39, 0.29) is 17.5 Å². The Hall–Kier alpha value is -1.62. The van der Waals surface area contributed by atoms with E-state index in [0.717, 1.165) is 24.6 Å². The highest BCUT2D eigenvalue weighted by atomic mass is 16.5. The summed E-state index contributed by atoms with van der Waals surface area (Å²) in [7, 11) is 0. The lowest BCUT2D eigenvalue weighted by Gasteiger charge is -2.42. The second-order valence-corrected chi connectivity index (χ2v) is 5.81. The Kier molecular flexibility index (Phi) is 3.49. The van der Waals surface area contributed by atoms with Crippen LogP contribution in [-0.4, -0.2) is 35.6 Å². The van der Waals surface area contributed by atoms with Gasteiger partial charge in [0.2, 0.25) is 0 Å². The average Bonchev–Trinajstić information content (AvgIpc) is 2.25. The van der Waals surface area contributed by atoms with E-state index >= 15 is 0 Å². The van der Waals surface area contributed by atoms with Crippen molar-refractivity contribution in [3.8, 4) is 0 Å². The monoisotopic (exact) mass is 262 g/mol. The van der Waals surface area contributed by atoms with Gasteiger partial charge in [-0.05, 0) is 39.8 Å². The summed E-state index contributed by atoms with van der Waals surface area (Å²) < 4.78 is 5.90. The summed E-state index contributed by atoms with van der Waals surface area (Å²) >= 11 is 0. The number of nitrogens with two attached hydrogens (primary N) is 1. The molecule has 0 radical (unpaired) electrons. The average molecular weight is 262 g/mol. The zero-order chi connectivity index (χ0) is 14.2. The molecule has 2 rings (SSSR count). The number of hydrogen-bond acceptors (Lipinski definition) is 4. The van der Waals surface area contributed by atoms with Crippen LogP contribution in [0.2, 0.25) is 0 Å². The number of nitrogens with zero attached hydrogens (tertiary/aromatic N) is 2. The summed E-state index contributed by atoms with van der Waals surface area (Å²) in [4.78, 5) is 6.73. The first-order valence-corrected chi connectivity index (χ1v) is 6.53. The minimum atomic E-state index is -0.225. The number of nitrogens with one attached hydrogen (secondary N) is 1. The second-order valence-electron chi connectivity index (χ2n) is 5.81. The van der Waals surface area contributed by atoms with Crippen LogP contribution < -0.4 is 10.6 Å². The van der Waals surface area contributed by atoms with Crippen LogP contribution in [0.3, 0.4) is 0 Å². The van der Waals surface area contributed by atoms with E-state index in [1.54, 1.807) is 0 Å². The molecule has 3 N–H and O–H groups in total. The van der Waals surface area contributed by atoms with Crippen molar-refractivity contribution in [3.63, 3.8) is 0 Å². The standard InChI is InChI=1S/C14H22N4O/c1-9-5-6-11(12(15)16)13(17-9)18-7-10(2)19-14(3,4)8-18/h5-6,10H,7-8H2,1-4H3,(H3,15,16). The first kappa shape index (κ1) is 13.8. The van der Waals surface area contributed by atoms with Gasteiger partial charge < -0.3 is 15.4 Å². The normalized spacial score (nSPS) is 22.3. The Morgan fingerprint density at radius 3 is 2.79 bits per heavy atom. The maximum atomic E-state index is 7.69. The van der Waals surface area contributed by atoms with Crippen LogP contribution in [0.5, 0.6) is 0 Å². The Balaban J connectivity index is 2.40. The van der Waals surface area contributed by atoms with Gasteiger partial charge in [-0.3, -0.25) is 5.41 Å². The van der Waals surface area contributed by atoms with Crippen molar-refractivity contribution in [1.29, 1.82) is 5.41 Å². The van der Waals surface area contributed by atoms with E-state index in [9.17, 15) is 0 Å². The van der Waals surface area contributed by atoms with Crippen LogP contribution in [0.1, 0.15) is 32.0 Å². The van der Waals surface area contributed by atoms with E-state index < -0.39 is 0 Å². The molecule has 1 aliphatic rings. The van der Waals surface area contributed by atoms with Gasteiger partial charge in [-0.2, -0.15) is 0 Å². The fraction of sp³-hybridized carbons (Fsp3) is 0.571. The second kappa shape index (κ2) is 4.81. The number of amidine groups is 1. The largest absolute Gasteiger partial charge is 0.384 e. The zero-order valence-electron chi connectivity index (χ0n) is 12.0. The van der Waals surface area contributed by atoms with Gasteiger partial charge in [0.15, 0.2) is 0 Å². The van der Waals surface area contributed by atoms with Crippen LogP contribution in [0, 0.1) is 12.3 Å². The smallest absolute Gasteiger partial charge is 0.140 e. The summed E-state index contributed by atoms with van der Waals surface area (Å²) in [5, 5.41) is 7.69. The zero-order valence-corrected chi connectivity index (χ0v) is 12.0. The number of hydrogen-bond donors (Lipinski definition) is 2. The van der Waals surface area contributed by atoms with E-state index in [1.165, 1.54) is 0 Å². The fourth-order valence-electron chi connectivity index (χ4n) is 2.61. The van der Waals surface area contributed by atoms with Gasteiger partial charge in [-0.1, -0.05) is 0 Å². The molecule has 0 bridgehead atoms. The molecule has 1 unspecified atom stereocenters. The van der Waals surface area contributed by atoms with Crippen LogP contribution in [0.15, 0.2) is 12.1 Å².